The molecule has 0 aromatic heterocycles. The number of nitrogens with two attached hydrogens (primary N) is 1. The van der Waals surface area contributed by atoms with Crippen LogP contribution in [-0.4, -0.2) is 22.5 Å². The Labute approximate surface area is 74.6 Å². The average molecular weight is 175 g/mol. The van der Waals surface area contributed by atoms with Crippen molar-refractivity contribution in [1.82, 2.24) is 0 Å². The molecular formula is C9H21NO2. The van der Waals surface area contributed by atoms with Gasteiger partial charge in [-0.15, -0.1) is 0 Å². The van der Waals surface area contributed by atoms with Gasteiger partial charge in [0.1, 0.15) is 6.23 Å². The van der Waals surface area contributed by atoms with Crippen LogP contribution in [0.4, 0.5) is 0 Å². The second-order valence-corrected chi connectivity index (χ2v) is 3.86. The van der Waals surface area contributed by atoms with Crippen LogP contribution in [-0.2, 0) is 0 Å². The van der Waals surface area contributed by atoms with E-state index in [1.54, 1.807) is 0 Å². The highest BCUT2D eigenvalue weighted by Gasteiger charge is 2.14. The van der Waals surface area contributed by atoms with Gasteiger partial charge in [0.15, 0.2) is 0 Å². The molecule has 0 saturated carbocycles. The first-order valence-electron chi connectivity index (χ1n) is 4.56. The van der Waals surface area contributed by atoms with Gasteiger partial charge in [-0.1, -0.05) is 20.8 Å². The highest BCUT2D eigenvalue weighted by molar-refractivity contribution is 4.64. The Morgan fingerprint density at radius 3 is 1.92 bits per heavy atom. The number of hydrogen-bond donors (Lipinski definition) is 3. The molecule has 0 rings (SSSR count). The van der Waals surface area contributed by atoms with E-state index in [9.17, 15) is 5.11 Å². The van der Waals surface area contributed by atoms with Gasteiger partial charge in [0.25, 0.3) is 0 Å². The molecule has 0 heterocycles. The van der Waals surface area contributed by atoms with E-state index in [4.69, 9.17) is 10.8 Å². The van der Waals surface area contributed by atoms with E-state index in [2.05, 4.69) is 0 Å². The Morgan fingerprint density at radius 1 is 1.08 bits per heavy atom. The van der Waals surface area contributed by atoms with E-state index in [0.717, 1.165) is 6.42 Å². The zero-order valence-electron chi connectivity index (χ0n) is 8.20. The van der Waals surface area contributed by atoms with Crippen LogP contribution in [0, 0.1) is 11.8 Å². The van der Waals surface area contributed by atoms with Gasteiger partial charge < -0.3 is 15.9 Å². The lowest BCUT2D eigenvalue weighted by molar-refractivity contribution is 0.0804. The Morgan fingerprint density at radius 2 is 1.58 bits per heavy atom. The first-order chi connectivity index (χ1) is 5.45. The fraction of sp³-hybridized carbons (Fsp3) is 1.00. The van der Waals surface area contributed by atoms with Gasteiger partial charge >= 0.3 is 0 Å². The molecule has 12 heavy (non-hydrogen) atoms. The molecular weight excluding hydrogens is 154 g/mol. The third-order valence-corrected chi connectivity index (χ3v) is 2.27. The van der Waals surface area contributed by atoms with Crippen molar-refractivity contribution >= 4 is 0 Å². The van der Waals surface area contributed by atoms with Crippen molar-refractivity contribution in [3.63, 3.8) is 0 Å². The molecule has 0 amide bonds. The summed E-state index contributed by atoms with van der Waals surface area (Å²) >= 11 is 0. The Kier molecular flexibility index (Phi) is 5.46. The van der Waals surface area contributed by atoms with Gasteiger partial charge in [0.2, 0.25) is 0 Å². The van der Waals surface area contributed by atoms with Crippen molar-refractivity contribution in [1.29, 1.82) is 0 Å². The fourth-order valence-corrected chi connectivity index (χ4v) is 0.938. The topological polar surface area (TPSA) is 66.5 Å². The fourth-order valence-electron chi connectivity index (χ4n) is 0.938. The number of rotatable bonds is 5. The number of aliphatic hydroxyl groups excluding tert-OH is 2. The lowest BCUT2D eigenvalue weighted by Crippen LogP contribution is -2.28. The summed E-state index contributed by atoms with van der Waals surface area (Å²) in [6.45, 7) is 5.85. The van der Waals surface area contributed by atoms with Crippen LogP contribution >= 0.6 is 0 Å². The van der Waals surface area contributed by atoms with Crippen LogP contribution in [0.25, 0.3) is 0 Å². The maximum Gasteiger partial charge on any atom is 0.104 e. The van der Waals surface area contributed by atoms with Crippen molar-refractivity contribution in [2.75, 3.05) is 0 Å². The maximum absolute atomic E-state index is 9.43. The SMILES string of the molecule is CC(C)C(O)CCC(C)C(N)O. The normalized spacial score (nSPS) is 19.2. The summed E-state index contributed by atoms with van der Waals surface area (Å²) in [5.41, 5.74) is 5.27. The highest BCUT2D eigenvalue weighted by Crippen LogP contribution is 2.14. The van der Waals surface area contributed by atoms with E-state index < -0.39 is 6.23 Å². The van der Waals surface area contributed by atoms with Crippen LogP contribution in [0.2, 0.25) is 0 Å². The highest BCUT2D eigenvalue weighted by atomic mass is 16.3. The van der Waals surface area contributed by atoms with Gasteiger partial charge in [-0.25, -0.2) is 0 Å². The maximum atomic E-state index is 9.43. The molecule has 3 heteroatoms. The second-order valence-electron chi connectivity index (χ2n) is 3.86. The molecule has 3 nitrogen and oxygen atoms in total. The molecule has 4 N–H and O–H groups in total. The quantitative estimate of drug-likeness (QED) is 0.539. The van der Waals surface area contributed by atoms with Gasteiger partial charge in [0, 0.05) is 0 Å². The minimum absolute atomic E-state index is 0.0680. The molecule has 0 saturated heterocycles. The van der Waals surface area contributed by atoms with Crippen LogP contribution < -0.4 is 5.73 Å². The third-order valence-electron chi connectivity index (χ3n) is 2.27. The van der Waals surface area contributed by atoms with E-state index in [-0.39, 0.29) is 17.9 Å². The van der Waals surface area contributed by atoms with Crippen LogP contribution in [0.15, 0.2) is 0 Å². The van der Waals surface area contributed by atoms with Gasteiger partial charge in [0.05, 0.1) is 6.10 Å². The Bertz CT molecular complexity index is 101. The number of aliphatic hydroxyl groups is 2. The molecule has 0 aromatic rings. The lowest BCUT2D eigenvalue weighted by atomic mass is 9.96. The van der Waals surface area contributed by atoms with E-state index in [1.165, 1.54) is 0 Å². The largest absolute Gasteiger partial charge is 0.393 e. The molecule has 0 spiro atoms. The minimum Gasteiger partial charge on any atom is -0.393 e. The molecule has 0 fully saturated rings. The number of hydrogen-bond acceptors (Lipinski definition) is 3. The standard InChI is InChI=1S/C9H21NO2/c1-6(2)8(11)5-4-7(3)9(10)12/h6-9,11-12H,4-5,10H2,1-3H3. The first-order valence-corrected chi connectivity index (χ1v) is 4.56. The van der Waals surface area contributed by atoms with Crippen molar-refractivity contribution in [3.05, 3.63) is 0 Å². The third kappa shape index (κ3) is 4.70. The molecule has 0 aliphatic heterocycles. The summed E-state index contributed by atoms with van der Waals surface area (Å²) in [6.07, 6.45) is 0.458. The molecule has 74 valence electrons. The van der Waals surface area contributed by atoms with Crippen LogP contribution in [0.3, 0.4) is 0 Å². The second kappa shape index (κ2) is 5.51. The predicted octanol–water partition coefficient (Wildman–Crippen LogP) is 0.697. The van der Waals surface area contributed by atoms with Crippen molar-refractivity contribution < 1.29 is 10.2 Å². The molecule has 0 aliphatic carbocycles. The molecule has 0 aliphatic rings. The van der Waals surface area contributed by atoms with Crippen molar-refractivity contribution in [2.45, 2.75) is 45.9 Å². The zero-order chi connectivity index (χ0) is 9.72. The monoisotopic (exact) mass is 175 g/mol. The van der Waals surface area contributed by atoms with E-state index in [0.29, 0.717) is 6.42 Å². The van der Waals surface area contributed by atoms with Crippen molar-refractivity contribution in [3.8, 4) is 0 Å². The zero-order valence-corrected chi connectivity index (χ0v) is 8.20. The van der Waals surface area contributed by atoms with Gasteiger partial charge in [-0.05, 0) is 24.7 Å². The smallest absolute Gasteiger partial charge is 0.104 e. The van der Waals surface area contributed by atoms with Gasteiger partial charge in [-0.3, -0.25) is 0 Å². The molecule has 3 atom stereocenters. The lowest BCUT2D eigenvalue weighted by Gasteiger charge is -2.18. The molecule has 0 radical (unpaired) electrons. The van der Waals surface area contributed by atoms with E-state index in [1.807, 2.05) is 20.8 Å². The Balaban J connectivity index is 3.54. The minimum atomic E-state index is -0.760. The van der Waals surface area contributed by atoms with Gasteiger partial charge in [-0.2, -0.15) is 0 Å². The van der Waals surface area contributed by atoms with E-state index >= 15 is 0 Å². The summed E-state index contributed by atoms with van der Waals surface area (Å²) in [4.78, 5) is 0. The predicted molar refractivity (Wildman–Crippen MR) is 49.4 cm³/mol. The Hall–Kier alpha value is -0.120. The summed E-state index contributed by atoms with van der Waals surface area (Å²) in [5, 5.41) is 18.4. The van der Waals surface area contributed by atoms with Crippen molar-refractivity contribution in [2.24, 2.45) is 17.6 Å². The molecule has 0 bridgehead atoms. The summed E-state index contributed by atoms with van der Waals surface area (Å²) in [5.74, 6) is 0.352. The average Bonchev–Trinajstić information content (AvgIpc) is 1.98. The molecule has 0 aromatic carbocycles. The summed E-state index contributed by atoms with van der Waals surface area (Å²) < 4.78 is 0. The summed E-state index contributed by atoms with van der Waals surface area (Å²) in [6, 6.07) is 0. The van der Waals surface area contributed by atoms with Crippen LogP contribution in [0.1, 0.15) is 33.6 Å². The molecule has 3 unspecified atom stereocenters. The first kappa shape index (κ1) is 11.9. The van der Waals surface area contributed by atoms with Crippen LogP contribution in [0.5, 0.6) is 0 Å². The summed E-state index contributed by atoms with van der Waals surface area (Å²) in [7, 11) is 0.